The van der Waals surface area contributed by atoms with Crippen LogP contribution in [0, 0.1) is 34.0 Å². The van der Waals surface area contributed by atoms with E-state index < -0.39 is 28.8 Å². The van der Waals surface area contributed by atoms with Crippen molar-refractivity contribution in [2.24, 2.45) is 34.0 Å². The molecule has 2 heterocycles. The van der Waals surface area contributed by atoms with Crippen molar-refractivity contribution < 1.29 is 29.3 Å². The summed E-state index contributed by atoms with van der Waals surface area (Å²) in [6.07, 6.45) is 1.85. The van der Waals surface area contributed by atoms with Gasteiger partial charge in [-0.3, -0.25) is 9.59 Å². The fourth-order valence-electron chi connectivity index (χ4n) is 8.16. The van der Waals surface area contributed by atoms with E-state index in [2.05, 4.69) is 20.4 Å². The van der Waals surface area contributed by atoms with Gasteiger partial charge in [-0.2, -0.15) is 0 Å². The SMILES string of the molecule is C=C1C(=O)[C@@]23C[C@H]1CC[C@H]2[C@@]12CO[C@]3(O)[C@@H](O)[C@@H]1C(C)(C)CC[C@@H]2OC(C)=O. The van der Waals surface area contributed by atoms with Crippen molar-refractivity contribution in [2.45, 2.75) is 70.9 Å². The predicted molar refractivity (Wildman–Crippen MR) is 98.8 cm³/mol. The minimum atomic E-state index is -1.91. The number of ketones is 1. The average molecular weight is 390 g/mol. The number of allylic oxidation sites excluding steroid dienone is 1. The molecular weight excluding hydrogens is 360 g/mol. The molecule has 0 unspecified atom stereocenters. The maximum atomic E-state index is 13.5. The highest BCUT2D eigenvalue weighted by molar-refractivity contribution is 6.04. The van der Waals surface area contributed by atoms with Crippen molar-refractivity contribution in [1.82, 2.24) is 0 Å². The lowest BCUT2D eigenvalue weighted by atomic mass is 9.36. The van der Waals surface area contributed by atoms with Crippen LogP contribution in [0.1, 0.15) is 52.9 Å². The van der Waals surface area contributed by atoms with Gasteiger partial charge >= 0.3 is 5.97 Å². The lowest BCUT2D eigenvalue weighted by Crippen LogP contribution is -2.83. The molecule has 6 heteroatoms. The molecule has 6 fully saturated rings. The molecule has 0 aromatic heterocycles. The molecule has 2 aliphatic heterocycles. The zero-order valence-electron chi connectivity index (χ0n) is 16.9. The van der Waals surface area contributed by atoms with Crippen LogP contribution in [0.25, 0.3) is 0 Å². The van der Waals surface area contributed by atoms with E-state index >= 15 is 0 Å². The highest BCUT2D eigenvalue weighted by Gasteiger charge is 2.84. The van der Waals surface area contributed by atoms with E-state index in [1.54, 1.807) is 0 Å². The number of fused-ring (bicyclic) bond motifs is 2. The molecular formula is C22H30O6. The van der Waals surface area contributed by atoms with Crippen molar-refractivity contribution in [1.29, 1.82) is 0 Å². The van der Waals surface area contributed by atoms with Gasteiger partial charge in [-0.05, 0) is 54.9 Å². The summed E-state index contributed by atoms with van der Waals surface area (Å²) >= 11 is 0. The molecule has 2 saturated heterocycles. The number of hydrogen-bond donors (Lipinski definition) is 2. The van der Waals surface area contributed by atoms with Crippen LogP contribution in [-0.4, -0.2) is 46.6 Å². The summed E-state index contributed by atoms with van der Waals surface area (Å²) in [4.78, 5) is 25.4. The number of carbonyl (C=O) groups excluding carboxylic acids is 2. The third-order valence-electron chi connectivity index (χ3n) is 9.08. The molecule has 154 valence electrons. The third kappa shape index (κ3) is 1.77. The fourth-order valence-corrected chi connectivity index (χ4v) is 8.16. The Labute approximate surface area is 165 Å². The first-order valence-corrected chi connectivity index (χ1v) is 10.5. The van der Waals surface area contributed by atoms with Gasteiger partial charge in [-0.1, -0.05) is 20.4 Å². The largest absolute Gasteiger partial charge is 0.462 e. The van der Waals surface area contributed by atoms with Gasteiger partial charge in [0.1, 0.15) is 12.2 Å². The molecule has 4 aliphatic carbocycles. The van der Waals surface area contributed by atoms with Crippen LogP contribution in [0.4, 0.5) is 0 Å². The van der Waals surface area contributed by atoms with E-state index in [-0.39, 0.29) is 41.5 Å². The van der Waals surface area contributed by atoms with Crippen molar-refractivity contribution >= 4 is 11.8 Å². The number of aliphatic hydroxyl groups is 2. The van der Waals surface area contributed by atoms with Crippen LogP contribution < -0.4 is 0 Å². The van der Waals surface area contributed by atoms with Gasteiger partial charge in [0.25, 0.3) is 0 Å². The minimum absolute atomic E-state index is 0.0292. The van der Waals surface area contributed by atoms with Crippen LogP contribution in [0.2, 0.25) is 0 Å². The molecule has 2 spiro atoms. The second kappa shape index (κ2) is 5.27. The quantitative estimate of drug-likeness (QED) is 0.525. The Morgan fingerprint density at radius 3 is 2.68 bits per heavy atom. The first-order chi connectivity index (χ1) is 13.0. The van der Waals surface area contributed by atoms with Gasteiger partial charge < -0.3 is 19.7 Å². The summed E-state index contributed by atoms with van der Waals surface area (Å²) in [5, 5.41) is 23.2. The monoisotopic (exact) mass is 390 g/mol. The van der Waals surface area contributed by atoms with Gasteiger partial charge in [0.2, 0.25) is 5.79 Å². The summed E-state index contributed by atoms with van der Waals surface area (Å²) < 4.78 is 11.8. The zero-order valence-corrected chi connectivity index (χ0v) is 16.9. The van der Waals surface area contributed by atoms with E-state index in [1.807, 2.05) is 0 Å². The number of esters is 1. The number of ether oxygens (including phenoxy) is 2. The number of aliphatic hydroxyl groups excluding tert-OH is 1. The molecule has 6 rings (SSSR count). The smallest absolute Gasteiger partial charge is 0.302 e. The lowest BCUT2D eigenvalue weighted by Gasteiger charge is -2.74. The molecule has 4 bridgehead atoms. The minimum Gasteiger partial charge on any atom is -0.462 e. The Balaban J connectivity index is 1.76. The number of hydrogen-bond acceptors (Lipinski definition) is 6. The molecule has 0 aromatic rings. The van der Waals surface area contributed by atoms with Crippen molar-refractivity contribution in [2.75, 3.05) is 6.61 Å². The predicted octanol–water partition coefficient (Wildman–Crippen LogP) is 1.98. The Morgan fingerprint density at radius 2 is 2.00 bits per heavy atom. The van der Waals surface area contributed by atoms with Gasteiger partial charge in [0, 0.05) is 18.3 Å². The van der Waals surface area contributed by atoms with Crippen LogP contribution >= 0.6 is 0 Å². The highest BCUT2D eigenvalue weighted by atomic mass is 16.6. The normalized spacial score (nSPS) is 53.5. The Bertz CT molecular complexity index is 788. The van der Waals surface area contributed by atoms with Crippen LogP contribution in [-0.2, 0) is 19.1 Å². The topological polar surface area (TPSA) is 93.1 Å². The number of rotatable bonds is 1. The Kier molecular flexibility index (Phi) is 3.53. The van der Waals surface area contributed by atoms with Gasteiger partial charge in [-0.25, -0.2) is 0 Å². The third-order valence-corrected chi connectivity index (χ3v) is 9.08. The molecule has 0 radical (unpaired) electrons. The van der Waals surface area contributed by atoms with Crippen LogP contribution in [0.15, 0.2) is 12.2 Å². The van der Waals surface area contributed by atoms with E-state index in [0.717, 1.165) is 19.3 Å². The second-order valence-corrected chi connectivity index (χ2v) is 10.5. The second-order valence-electron chi connectivity index (χ2n) is 10.5. The van der Waals surface area contributed by atoms with Crippen LogP contribution in [0.5, 0.6) is 0 Å². The first kappa shape index (κ1) is 18.8. The van der Waals surface area contributed by atoms with E-state index in [9.17, 15) is 19.8 Å². The summed E-state index contributed by atoms with van der Waals surface area (Å²) in [6.45, 7) is 9.82. The first-order valence-electron chi connectivity index (χ1n) is 10.5. The standard InChI is InChI=1S/C22H30O6/c1-11-13-5-6-14-20-10-27-22(26,21(14,9-13)17(11)24)18(25)16(20)19(3,4)8-7-15(20)28-12(2)23/h13-16,18,25-26H,1,5-10H2,2-4H3/t13-,14+,15+,16-,18+,20-,21-,22-/m1/s1. The van der Waals surface area contributed by atoms with E-state index in [4.69, 9.17) is 9.47 Å². The van der Waals surface area contributed by atoms with Crippen molar-refractivity contribution in [3.05, 3.63) is 12.2 Å². The van der Waals surface area contributed by atoms with Gasteiger partial charge in [-0.15, -0.1) is 0 Å². The summed E-state index contributed by atoms with van der Waals surface area (Å²) in [6, 6.07) is 0. The molecule has 0 aromatic carbocycles. The number of carbonyl (C=O) groups is 2. The molecule has 28 heavy (non-hydrogen) atoms. The average Bonchev–Trinajstić information content (AvgIpc) is 2.81. The Hall–Kier alpha value is -1.24. The van der Waals surface area contributed by atoms with E-state index in [1.165, 1.54) is 6.92 Å². The molecule has 8 atom stereocenters. The number of Topliss-reactive ketones (excluding diaryl/α,β-unsaturated/α-hetero) is 1. The Morgan fingerprint density at radius 1 is 1.29 bits per heavy atom. The summed E-state index contributed by atoms with van der Waals surface area (Å²) in [7, 11) is 0. The van der Waals surface area contributed by atoms with E-state index in [0.29, 0.717) is 18.4 Å². The van der Waals surface area contributed by atoms with Gasteiger partial charge in [0.05, 0.1) is 12.0 Å². The van der Waals surface area contributed by atoms with Crippen LogP contribution in [0.3, 0.4) is 0 Å². The lowest BCUT2D eigenvalue weighted by molar-refractivity contribution is -0.448. The molecule has 6 aliphatic rings. The molecule has 2 N–H and O–H groups in total. The molecule has 4 saturated carbocycles. The van der Waals surface area contributed by atoms with Crippen molar-refractivity contribution in [3.8, 4) is 0 Å². The van der Waals surface area contributed by atoms with Gasteiger partial charge in [0.15, 0.2) is 5.78 Å². The summed E-state index contributed by atoms with van der Waals surface area (Å²) in [5.41, 5.74) is -1.59. The maximum absolute atomic E-state index is 13.5. The maximum Gasteiger partial charge on any atom is 0.302 e. The van der Waals surface area contributed by atoms with Crippen molar-refractivity contribution in [3.63, 3.8) is 0 Å². The molecule has 6 nitrogen and oxygen atoms in total. The zero-order chi connectivity index (χ0) is 20.3. The highest BCUT2D eigenvalue weighted by Crippen LogP contribution is 2.76. The fraction of sp³-hybridized carbons (Fsp3) is 0.818. The molecule has 0 amide bonds. The summed E-state index contributed by atoms with van der Waals surface area (Å²) in [5.74, 6) is -2.91.